The summed E-state index contributed by atoms with van der Waals surface area (Å²) in [5.41, 5.74) is 0. The first-order chi connectivity index (χ1) is 3.21. The summed E-state index contributed by atoms with van der Waals surface area (Å²) in [6.45, 7) is 0. The molecule has 0 unspecified atom stereocenters. The minimum Gasteiger partial charge on any atom is -0.123 e. The molecule has 0 aromatic carbocycles. The van der Waals surface area contributed by atoms with E-state index in [1.165, 1.54) is 0 Å². The molecule has 0 spiro atoms. The van der Waals surface area contributed by atoms with Gasteiger partial charge >= 0.3 is 0 Å². The Balaban J connectivity index is 2.40. The normalized spacial score (nSPS) is 33.2. The first-order valence-electron chi connectivity index (χ1n) is 2.90. The molecule has 0 heterocycles. The molecule has 0 aromatic heterocycles. The van der Waals surface area contributed by atoms with E-state index >= 15 is 0 Å². The Kier molecular flexibility index (Phi) is 1.01. The Labute approximate surface area is 44.9 Å². The highest BCUT2D eigenvalue weighted by Gasteiger charge is 2.09. The van der Waals surface area contributed by atoms with Gasteiger partial charge < -0.3 is 0 Å². The van der Waals surface area contributed by atoms with Crippen molar-refractivity contribution in [3.8, 4) is 0 Å². The van der Waals surface area contributed by atoms with Gasteiger partial charge in [-0.25, -0.2) is 0 Å². The highest BCUT2D eigenvalue weighted by atomic mass is 35.5. The van der Waals surface area contributed by atoms with Crippen molar-refractivity contribution in [2.45, 2.75) is 31.0 Å². The summed E-state index contributed by atoms with van der Waals surface area (Å²) in [6, 6.07) is 0. The van der Waals surface area contributed by atoms with Gasteiger partial charge in [-0.15, -0.1) is 11.6 Å². The van der Waals surface area contributed by atoms with Gasteiger partial charge in [0.25, 0.3) is 0 Å². The summed E-state index contributed by atoms with van der Waals surface area (Å²) in [7, 11) is 0. The zero-order valence-electron chi connectivity index (χ0n) is 4.71. The maximum atomic E-state index is 7.25. The predicted octanol–water partition coefficient (Wildman–Crippen LogP) is 2.17. The van der Waals surface area contributed by atoms with Gasteiger partial charge in [-0.1, -0.05) is 12.8 Å². The molecule has 1 rings (SSSR count). The van der Waals surface area contributed by atoms with Gasteiger partial charge in [-0.2, -0.15) is 0 Å². The average molecular weight is 106 g/mol. The SMILES string of the molecule is [2H]C1(Cl)CCCC1. The van der Waals surface area contributed by atoms with Gasteiger partial charge in [-0.05, 0) is 12.8 Å². The van der Waals surface area contributed by atoms with Crippen LogP contribution in [0.2, 0.25) is 0 Å². The second kappa shape index (κ2) is 1.83. The number of halogens is 1. The lowest BCUT2D eigenvalue weighted by molar-refractivity contribution is 0.886. The van der Waals surface area contributed by atoms with Crippen molar-refractivity contribution in [3.63, 3.8) is 0 Å². The van der Waals surface area contributed by atoms with Gasteiger partial charge in [0.15, 0.2) is 0 Å². The minimum atomic E-state index is -0.583. The summed E-state index contributed by atoms with van der Waals surface area (Å²) < 4.78 is 7.25. The smallest absolute Gasteiger partial charge is 0.0472 e. The Morgan fingerprint density at radius 2 is 2.00 bits per heavy atom. The monoisotopic (exact) mass is 105 g/mol. The van der Waals surface area contributed by atoms with Gasteiger partial charge in [0, 0.05) is 6.72 Å². The van der Waals surface area contributed by atoms with E-state index in [4.69, 9.17) is 13.0 Å². The summed E-state index contributed by atoms with van der Waals surface area (Å²) in [5.74, 6) is 0. The molecule has 0 radical (unpaired) electrons. The van der Waals surface area contributed by atoms with E-state index in [2.05, 4.69) is 0 Å². The maximum Gasteiger partial charge on any atom is 0.0472 e. The first kappa shape index (κ1) is 3.31. The summed E-state index contributed by atoms with van der Waals surface area (Å²) >= 11 is 5.63. The van der Waals surface area contributed by atoms with E-state index in [0.29, 0.717) is 0 Å². The van der Waals surface area contributed by atoms with Crippen LogP contribution in [0.4, 0.5) is 0 Å². The first-order valence-corrected chi connectivity index (χ1v) is 2.77. The molecule has 1 aliphatic carbocycles. The highest BCUT2D eigenvalue weighted by molar-refractivity contribution is 6.20. The van der Waals surface area contributed by atoms with Crippen molar-refractivity contribution in [3.05, 3.63) is 0 Å². The quantitative estimate of drug-likeness (QED) is 0.414. The molecule has 0 atom stereocenters. The van der Waals surface area contributed by atoms with Crippen LogP contribution in [0.25, 0.3) is 0 Å². The van der Waals surface area contributed by atoms with Gasteiger partial charge in [-0.3, -0.25) is 0 Å². The topological polar surface area (TPSA) is 0 Å². The maximum absolute atomic E-state index is 7.25. The molecule has 0 nitrogen and oxygen atoms in total. The second-order valence-corrected chi connectivity index (χ2v) is 2.26. The van der Waals surface area contributed by atoms with Crippen molar-refractivity contribution >= 4 is 11.6 Å². The van der Waals surface area contributed by atoms with E-state index < -0.39 is 5.35 Å². The van der Waals surface area contributed by atoms with Crippen molar-refractivity contribution in [1.82, 2.24) is 0 Å². The van der Waals surface area contributed by atoms with Crippen LogP contribution in [0.1, 0.15) is 27.1 Å². The van der Waals surface area contributed by atoms with Crippen LogP contribution in [0, 0.1) is 0 Å². The molecule has 0 aromatic rings. The molecule has 0 saturated heterocycles. The van der Waals surface area contributed by atoms with Crippen LogP contribution in [0.5, 0.6) is 0 Å². The fourth-order valence-corrected chi connectivity index (χ4v) is 1.03. The molecule has 1 fully saturated rings. The van der Waals surface area contributed by atoms with E-state index in [-0.39, 0.29) is 0 Å². The fourth-order valence-electron chi connectivity index (χ4n) is 0.759. The van der Waals surface area contributed by atoms with Crippen LogP contribution in [-0.4, -0.2) is 5.35 Å². The van der Waals surface area contributed by atoms with E-state index in [0.717, 1.165) is 25.7 Å². The Hall–Kier alpha value is 0.290. The predicted molar refractivity (Wildman–Crippen MR) is 28.1 cm³/mol. The number of hydrogen-bond donors (Lipinski definition) is 0. The molecule has 6 heavy (non-hydrogen) atoms. The third-order valence-corrected chi connectivity index (χ3v) is 1.52. The second-order valence-electron chi connectivity index (χ2n) is 1.72. The molecule has 0 amide bonds. The minimum absolute atomic E-state index is 0.583. The zero-order chi connectivity index (χ0) is 5.33. The lowest BCUT2D eigenvalue weighted by Gasteiger charge is -1.88. The largest absolute Gasteiger partial charge is 0.123 e. The van der Waals surface area contributed by atoms with Crippen LogP contribution in [-0.2, 0) is 0 Å². The molecule has 1 aliphatic rings. The lowest BCUT2D eigenvalue weighted by Crippen LogP contribution is -1.83. The molecule has 0 aliphatic heterocycles. The molecular formula is C5H9Cl. The van der Waals surface area contributed by atoms with Crippen LogP contribution < -0.4 is 0 Å². The lowest BCUT2D eigenvalue weighted by atomic mass is 10.4. The zero-order valence-corrected chi connectivity index (χ0v) is 4.46. The average Bonchev–Trinajstić information content (AvgIpc) is 1.84. The van der Waals surface area contributed by atoms with Crippen molar-refractivity contribution in [1.29, 1.82) is 0 Å². The number of hydrogen-bond acceptors (Lipinski definition) is 0. The van der Waals surface area contributed by atoms with E-state index in [1.54, 1.807) is 0 Å². The standard InChI is InChI=1S/C5H9Cl/c6-5-3-1-2-4-5/h5H,1-4H2/i5D. The molecule has 0 bridgehead atoms. The molecular weight excluding hydrogens is 95.5 g/mol. The van der Waals surface area contributed by atoms with Gasteiger partial charge in [0.2, 0.25) is 0 Å². The van der Waals surface area contributed by atoms with Crippen LogP contribution in [0.15, 0.2) is 0 Å². The molecule has 0 N–H and O–H groups in total. The Bertz CT molecular complexity index is 62.5. The van der Waals surface area contributed by atoms with Crippen molar-refractivity contribution < 1.29 is 1.37 Å². The summed E-state index contributed by atoms with van der Waals surface area (Å²) in [5, 5.41) is -0.583. The van der Waals surface area contributed by atoms with E-state index in [9.17, 15) is 0 Å². The van der Waals surface area contributed by atoms with Gasteiger partial charge in [0.05, 0.1) is 0 Å². The van der Waals surface area contributed by atoms with Crippen molar-refractivity contribution in [2.24, 2.45) is 0 Å². The number of rotatable bonds is 0. The summed E-state index contributed by atoms with van der Waals surface area (Å²) in [4.78, 5) is 0. The molecule has 1 saturated carbocycles. The molecule has 36 valence electrons. The van der Waals surface area contributed by atoms with E-state index in [1.807, 2.05) is 0 Å². The van der Waals surface area contributed by atoms with Gasteiger partial charge in [0.1, 0.15) is 0 Å². The fraction of sp³-hybridized carbons (Fsp3) is 1.00. The van der Waals surface area contributed by atoms with Crippen LogP contribution in [0.3, 0.4) is 0 Å². The third-order valence-electron chi connectivity index (χ3n) is 1.15. The van der Waals surface area contributed by atoms with Crippen LogP contribution >= 0.6 is 11.6 Å². The molecule has 1 heteroatoms. The number of alkyl halides is 1. The third kappa shape index (κ3) is 0.874. The Morgan fingerprint density at radius 1 is 1.50 bits per heavy atom. The highest BCUT2D eigenvalue weighted by Crippen LogP contribution is 2.22. The Morgan fingerprint density at radius 3 is 2.17 bits per heavy atom. The van der Waals surface area contributed by atoms with Crippen molar-refractivity contribution in [2.75, 3.05) is 0 Å². The summed E-state index contributed by atoms with van der Waals surface area (Å²) in [6.07, 6.45) is 4.06.